The molecule has 7 nitrogen and oxygen atoms in total. The second-order valence-corrected chi connectivity index (χ2v) is 8.31. The summed E-state index contributed by atoms with van der Waals surface area (Å²) in [5, 5.41) is 22.4. The minimum atomic E-state index is -3.84. The number of nitrogens with one attached hydrogen (secondary N) is 1. The van der Waals surface area contributed by atoms with Gasteiger partial charge >= 0.3 is 0 Å². The molecule has 8 heteroatoms. The minimum absolute atomic E-state index is 0.00128. The third-order valence-electron chi connectivity index (χ3n) is 4.80. The molecule has 2 aromatic heterocycles. The van der Waals surface area contributed by atoms with Gasteiger partial charge in [0, 0.05) is 29.2 Å². The van der Waals surface area contributed by atoms with Gasteiger partial charge in [-0.25, -0.2) is 13.6 Å². The monoisotopic (exact) mass is 415 g/mol. The number of nitrogens with two attached hydrogens (primary N) is 1. The van der Waals surface area contributed by atoms with Crippen LogP contribution < -0.4 is 5.14 Å². The van der Waals surface area contributed by atoms with E-state index in [9.17, 15) is 13.7 Å². The molecule has 0 saturated heterocycles. The van der Waals surface area contributed by atoms with Crippen LogP contribution >= 0.6 is 0 Å². The van der Waals surface area contributed by atoms with Crippen molar-refractivity contribution in [1.29, 1.82) is 5.26 Å². The van der Waals surface area contributed by atoms with Crippen LogP contribution in [0.15, 0.2) is 71.9 Å². The Morgan fingerprint density at radius 3 is 2.47 bits per heavy atom. The van der Waals surface area contributed by atoms with Crippen LogP contribution in [0.2, 0.25) is 0 Å². The van der Waals surface area contributed by atoms with Gasteiger partial charge in [0.25, 0.3) is 0 Å². The molecule has 4 rings (SSSR count). The molecule has 0 spiro atoms. The van der Waals surface area contributed by atoms with Crippen molar-refractivity contribution in [2.75, 3.05) is 0 Å². The highest BCUT2D eigenvalue weighted by molar-refractivity contribution is 7.89. The molecule has 3 N–H and O–H groups in total. The molecule has 4 aromatic rings. The second kappa shape index (κ2) is 7.55. The maximum absolute atomic E-state index is 11.7. The first-order valence-corrected chi connectivity index (χ1v) is 10.6. The topological polar surface area (TPSA) is 126 Å². The van der Waals surface area contributed by atoms with Crippen molar-refractivity contribution in [3.63, 3.8) is 0 Å². The Kier molecular flexibility index (Phi) is 4.91. The maximum Gasteiger partial charge on any atom is 0.238 e. The van der Waals surface area contributed by atoms with Crippen molar-refractivity contribution in [3.05, 3.63) is 78.2 Å². The Labute approximate surface area is 173 Å². The Hall–Kier alpha value is -3.80. The normalized spacial score (nSPS) is 11.2. The van der Waals surface area contributed by atoms with Crippen LogP contribution in [0, 0.1) is 18.3 Å². The van der Waals surface area contributed by atoms with Crippen LogP contribution in [0.25, 0.3) is 33.5 Å². The Balaban J connectivity index is 1.85. The van der Waals surface area contributed by atoms with E-state index in [2.05, 4.69) is 21.3 Å². The van der Waals surface area contributed by atoms with Crippen molar-refractivity contribution >= 4 is 10.0 Å². The summed E-state index contributed by atoms with van der Waals surface area (Å²) in [6.45, 7) is 1.92. The number of nitriles is 1. The van der Waals surface area contributed by atoms with Crippen LogP contribution in [0.1, 0.15) is 11.3 Å². The number of benzene rings is 2. The van der Waals surface area contributed by atoms with E-state index in [1.54, 1.807) is 36.7 Å². The van der Waals surface area contributed by atoms with Crippen molar-refractivity contribution in [1.82, 2.24) is 15.2 Å². The van der Waals surface area contributed by atoms with E-state index in [0.717, 1.165) is 28.1 Å². The third kappa shape index (κ3) is 3.59. The summed E-state index contributed by atoms with van der Waals surface area (Å²) >= 11 is 0. The molecule has 0 amide bonds. The van der Waals surface area contributed by atoms with Gasteiger partial charge in [-0.2, -0.15) is 10.4 Å². The maximum atomic E-state index is 11.7. The molecule has 0 aliphatic heterocycles. The lowest BCUT2D eigenvalue weighted by Crippen LogP contribution is -2.11. The Morgan fingerprint density at radius 2 is 1.77 bits per heavy atom. The lowest BCUT2D eigenvalue weighted by Gasteiger charge is -2.10. The summed E-state index contributed by atoms with van der Waals surface area (Å²) in [4.78, 5) is 4.04. The molecule has 0 fully saturated rings. The zero-order chi connectivity index (χ0) is 21.3. The van der Waals surface area contributed by atoms with E-state index in [1.165, 1.54) is 12.1 Å². The molecular formula is C22H17N5O2S. The second-order valence-electron chi connectivity index (χ2n) is 6.75. The number of sulfonamides is 1. The summed E-state index contributed by atoms with van der Waals surface area (Å²) in [7, 11) is -3.84. The minimum Gasteiger partial charge on any atom is -0.282 e. The van der Waals surface area contributed by atoms with Crippen molar-refractivity contribution in [3.8, 4) is 39.6 Å². The number of aromatic amines is 1. The molecule has 2 aromatic carbocycles. The van der Waals surface area contributed by atoms with Gasteiger partial charge in [-0.1, -0.05) is 24.3 Å². The van der Waals surface area contributed by atoms with Gasteiger partial charge in [-0.05, 0) is 53.9 Å². The average Bonchev–Trinajstić information content (AvgIpc) is 3.15. The lowest BCUT2D eigenvalue weighted by molar-refractivity contribution is 0.598. The molecule has 0 aliphatic carbocycles. The van der Waals surface area contributed by atoms with Gasteiger partial charge in [0.1, 0.15) is 5.69 Å². The summed E-state index contributed by atoms with van der Waals surface area (Å²) in [5.41, 5.74) is 5.91. The van der Waals surface area contributed by atoms with Crippen LogP contribution in [0.3, 0.4) is 0 Å². The number of aromatic nitrogens is 3. The first-order chi connectivity index (χ1) is 14.4. The van der Waals surface area contributed by atoms with Crippen LogP contribution in [-0.2, 0) is 10.0 Å². The zero-order valence-corrected chi connectivity index (χ0v) is 16.8. The standard InChI is InChI=1S/C22H17N5O2S/c1-14-21(22(27-26-14)15-7-9-25-10-8-15)17-5-6-20(18(11-17)13-23)16-3-2-4-19(12-16)30(24,28)29/h2-12H,1H3,(H,26,27)(H2,24,28,29). The fourth-order valence-electron chi connectivity index (χ4n) is 3.39. The number of hydrogen-bond donors (Lipinski definition) is 2. The van der Waals surface area contributed by atoms with Crippen molar-refractivity contribution < 1.29 is 8.42 Å². The van der Waals surface area contributed by atoms with Crippen LogP contribution in [0.4, 0.5) is 0 Å². The number of pyridine rings is 1. The Morgan fingerprint density at radius 1 is 1.00 bits per heavy atom. The van der Waals surface area contributed by atoms with Crippen LogP contribution in [-0.4, -0.2) is 23.6 Å². The van der Waals surface area contributed by atoms with Gasteiger partial charge in [0.2, 0.25) is 10.0 Å². The fraction of sp³-hybridized carbons (Fsp3) is 0.0455. The third-order valence-corrected chi connectivity index (χ3v) is 5.71. The molecule has 0 atom stereocenters. The molecule has 148 valence electrons. The number of primary sulfonamides is 1. The molecular weight excluding hydrogens is 398 g/mol. The summed E-state index contributed by atoms with van der Waals surface area (Å²) in [5.74, 6) is 0. The molecule has 0 unspecified atom stereocenters. The fourth-order valence-corrected chi connectivity index (χ4v) is 3.95. The first kappa shape index (κ1) is 19.5. The number of nitrogens with zero attached hydrogens (tertiary/aromatic N) is 3. The smallest absolute Gasteiger partial charge is 0.238 e. The largest absolute Gasteiger partial charge is 0.282 e. The zero-order valence-electron chi connectivity index (χ0n) is 16.0. The molecule has 0 saturated carbocycles. The number of H-pyrrole nitrogens is 1. The highest BCUT2D eigenvalue weighted by Crippen LogP contribution is 2.35. The highest BCUT2D eigenvalue weighted by atomic mass is 32.2. The molecule has 30 heavy (non-hydrogen) atoms. The number of rotatable bonds is 4. The van der Waals surface area contributed by atoms with Gasteiger partial charge in [0.15, 0.2) is 0 Å². The SMILES string of the molecule is Cc1[nH]nc(-c2ccncc2)c1-c1ccc(-c2cccc(S(N)(=O)=O)c2)c(C#N)c1. The highest BCUT2D eigenvalue weighted by Gasteiger charge is 2.17. The van der Waals surface area contributed by atoms with E-state index >= 15 is 0 Å². The lowest BCUT2D eigenvalue weighted by atomic mass is 9.93. The van der Waals surface area contributed by atoms with E-state index in [0.29, 0.717) is 16.7 Å². The first-order valence-electron chi connectivity index (χ1n) is 9.01. The number of aryl methyl sites for hydroxylation is 1. The van der Waals surface area contributed by atoms with Gasteiger partial charge < -0.3 is 0 Å². The van der Waals surface area contributed by atoms with Crippen molar-refractivity contribution in [2.24, 2.45) is 5.14 Å². The molecule has 2 heterocycles. The predicted molar refractivity (Wildman–Crippen MR) is 114 cm³/mol. The van der Waals surface area contributed by atoms with Crippen LogP contribution in [0.5, 0.6) is 0 Å². The predicted octanol–water partition coefficient (Wildman–Crippen LogP) is 3.63. The Bertz CT molecular complexity index is 1390. The van der Waals surface area contributed by atoms with E-state index in [-0.39, 0.29) is 4.90 Å². The van der Waals surface area contributed by atoms with Gasteiger partial charge in [0.05, 0.1) is 16.5 Å². The van der Waals surface area contributed by atoms with E-state index in [4.69, 9.17) is 5.14 Å². The summed E-state index contributed by atoms with van der Waals surface area (Å²) in [6, 6.07) is 17.7. The molecule has 0 bridgehead atoms. The molecule has 0 aliphatic rings. The summed E-state index contributed by atoms with van der Waals surface area (Å²) in [6.07, 6.45) is 3.40. The van der Waals surface area contributed by atoms with E-state index in [1.807, 2.05) is 25.1 Å². The van der Waals surface area contributed by atoms with Gasteiger partial charge in [-0.3, -0.25) is 10.1 Å². The molecule has 0 radical (unpaired) electrons. The van der Waals surface area contributed by atoms with Crippen molar-refractivity contribution in [2.45, 2.75) is 11.8 Å². The number of hydrogen-bond acceptors (Lipinski definition) is 5. The van der Waals surface area contributed by atoms with Gasteiger partial charge in [-0.15, -0.1) is 0 Å². The quantitative estimate of drug-likeness (QED) is 0.526. The summed E-state index contributed by atoms with van der Waals surface area (Å²) < 4.78 is 23.4. The van der Waals surface area contributed by atoms with E-state index < -0.39 is 10.0 Å². The average molecular weight is 415 g/mol.